The summed E-state index contributed by atoms with van der Waals surface area (Å²) in [5, 5.41) is 12.7. The van der Waals surface area contributed by atoms with Crippen LogP contribution >= 0.6 is 0 Å². The van der Waals surface area contributed by atoms with E-state index in [2.05, 4.69) is 5.10 Å². The van der Waals surface area contributed by atoms with Gasteiger partial charge in [-0.05, 0) is 26.3 Å². The van der Waals surface area contributed by atoms with Gasteiger partial charge in [0.1, 0.15) is 0 Å². The molecule has 0 fully saturated rings. The Labute approximate surface area is 112 Å². The van der Waals surface area contributed by atoms with Crippen LogP contribution in [0.2, 0.25) is 0 Å². The summed E-state index contributed by atoms with van der Waals surface area (Å²) in [6.45, 7) is 7.47. The van der Waals surface area contributed by atoms with Gasteiger partial charge in [0.2, 0.25) is 0 Å². The lowest BCUT2D eigenvalue weighted by Crippen LogP contribution is -2.28. The fourth-order valence-corrected chi connectivity index (χ4v) is 1.80. The van der Waals surface area contributed by atoms with Gasteiger partial charge in [0, 0.05) is 25.2 Å². The average Bonchev–Trinajstić information content (AvgIpc) is 2.33. The number of allylic oxidation sites excluding steroid dienone is 1. The van der Waals surface area contributed by atoms with Crippen molar-refractivity contribution in [1.82, 2.24) is 9.78 Å². The van der Waals surface area contributed by atoms with Gasteiger partial charge in [0.25, 0.3) is 5.56 Å². The second-order valence-electron chi connectivity index (χ2n) is 4.21. The van der Waals surface area contributed by atoms with Crippen molar-refractivity contribution in [3.05, 3.63) is 34.3 Å². The zero-order valence-electron chi connectivity index (χ0n) is 11.5. The lowest BCUT2D eigenvalue weighted by Gasteiger charge is -2.20. The first-order chi connectivity index (χ1) is 8.97. The highest BCUT2D eigenvalue weighted by atomic mass is 16.4. The van der Waals surface area contributed by atoms with Gasteiger partial charge >= 0.3 is 5.97 Å². The maximum absolute atomic E-state index is 11.9. The molecule has 6 heteroatoms. The number of hydrogen-bond acceptors (Lipinski definition) is 4. The van der Waals surface area contributed by atoms with Crippen LogP contribution in [-0.4, -0.2) is 33.9 Å². The number of hydrogen-bond donors (Lipinski definition) is 1. The number of carboxylic acid groups (broad SMARTS) is 1. The van der Waals surface area contributed by atoms with E-state index in [1.54, 1.807) is 13.1 Å². The number of aromatic nitrogens is 2. The van der Waals surface area contributed by atoms with Gasteiger partial charge in [0.15, 0.2) is 0 Å². The van der Waals surface area contributed by atoms with Gasteiger partial charge in [0.05, 0.1) is 18.4 Å². The Morgan fingerprint density at radius 3 is 2.58 bits per heavy atom. The van der Waals surface area contributed by atoms with Crippen LogP contribution < -0.4 is 10.5 Å². The second-order valence-corrected chi connectivity index (χ2v) is 4.21. The van der Waals surface area contributed by atoms with Crippen molar-refractivity contribution in [3.63, 3.8) is 0 Å². The minimum Gasteiger partial charge on any atom is -0.478 e. The van der Waals surface area contributed by atoms with Crippen LogP contribution in [0.4, 0.5) is 5.69 Å². The summed E-state index contributed by atoms with van der Waals surface area (Å²) in [4.78, 5) is 24.4. The van der Waals surface area contributed by atoms with Crippen LogP contribution in [0.3, 0.4) is 0 Å². The third kappa shape index (κ3) is 4.24. The highest BCUT2D eigenvalue weighted by Gasteiger charge is 2.06. The molecule has 0 amide bonds. The van der Waals surface area contributed by atoms with E-state index in [9.17, 15) is 9.59 Å². The van der Waals surface area contributed by atoms with Crippen molar-refractivity contribution in [3.8, 4) is 0 Å². The molecule has 1 aromatic heterocycles. The van der Waals surface area contributed by atoms with E-state index < -0.39 is 5.97 Å². The number of nitrogens with zero attached hydrogens (tertiary/aromatic N) is 3. The molecule has 0 unspecified atom stereocenters. The summed E-state index contributed by atoms with van der Waals surface area (Å²) in [6.07, 6.45) is 2.70. The first-order valence-electron chi connectivity index (χ1n) is 6.20. The molecule has 0 aromatic carbocycles. The third-order valence-electron chi connectivity index (χ3n) is 2.75. The third-order valence-corrected chi connectivity index (χ3v) is 2.75. The molecule has 1 heterocycles. The number of rotatable bonds is 6. The molecule has 0 radical (unpaired) electrons. The van der Waals surface area contributed by atoms with E-state index in [-0.39, 0.29) is 12.1 Å². The number of carboxylic acids is 1. The number of aliphatic carboxylic acids is 1. The van der Waals surface area contributed by atoms with Crippen LogP contribution in [0.5, 0.6) is 0 Å². The Bertz CT molecular complexity index is 530. The van der Waals surface area contributed by atoms with Crippen molar-refractivity contribution in [2.45, 2.75) is 27.3 Å². The molecule has 0 saturated carbocycles. The van der Waals surface area contributed by atoms with Gasteiger partial charge in [-0.15, -0.1) is 0 Å². The van der Waals surface area contributed by atoms with Crippen LogP contribution in [0.25, 0.3) is 0 Å². The zero-order valence-corrected chi connectivity index (χ0v) is 11.5. The van der Waals surface area contributed by atoms with E-state index in [0.717, 1.165) is 24.9 Å². The van der Waals surface area contributed by atoms with Crippen LogP contribution in [0.1, 0.15) is 20.8 Å². The molecule has 0 saturated heterocycles. The fourth-order valence-electron chi connectivity index (χ4n) is 1.80. The van der Waals surface area contributed by atoms with Crippen LogP contribution in [-0.2, 0) is 11.3 Å². The van der Waals surface area contributed by atoms with Crippen molar-refractivity contribution in [2.75, 3.05) is 18.0 Å². The van der Waals surface area contributed by atoms with E-state index in [1.165, 1.54) is 10.7 Å². The molecule has 1 N–H and O–H groups in total. The summed E-state index contributed by atoms with van der Waals surface area (Å²) in [5.74, 6) is -1.02. The van der Waals surface area contributed by atoms with Crippen LogP contribution in [0.15, 0.2) is 28.7 Å². The van der Waals surface area contributed by atoms with Gasteiger partial charge in [-0.1, -0.05) is 0 Å². The van der Waals surface area contributed by atoms with E-state index in [4.69, 9.17) is 5.11 Å². The molecule has 104 valence electrons. The van der Waals surface area contributed by atoms with Crippen molar-refractivity contribution in [1.29, 1.82) is 0 Å². The monoisotopic (exact) mass is 265 g/mol. The molecule has 1 aromatic rings. The summed E-state index contributed by atoms with van der Waals surface area (Å²) in [7, 11) is 0. The Balaban J connectivity index is 2.95. The first-order valence-corrected chi connectivity index (χ1v) is 6.20. The minimum absolute atomic E-state index is 0.184. The number of carbonyl (C=O) groups is 1. The first kappa shape index (κ1) is 14.9. The molecule has 0 aliphatic carbocycles. The van der Waals surface area contributed by atoms with Gasteiger partial charge in [-0.2, -0.15) is 5.10 Å². The zero-order chi connectivity index (χ0) is 14.4. The maximum Gasteiger partial charge on any atom is 0.328 e. The predicted octanol–water partition coefficient (Wildman–Crippen LogP) is 1.12. The molecule has 0 aliphatic heterocycles. The molecule has 6 nitrogen and oxygen atoms in total. The molecule has 19 heavy (non-hydrogen) atoms. The lowest BCUT2D eigenvalue weighted by atomic mass is 10.3. The van der Waals surface area contributed by atoms with Crippen molar-refractivity contribution >= 4 is 11.7 Å². The SMILES string of the molecule is CCN(CC)c1cnn(CC(C)=CC(=O)O)c(=O)c1. The Hall–Kier alpha value is -2.11. The Morgan fingerprint density at radius 1 is 1.47 bits per heavy atom. The van der Waals surface area contributed by atoms with Gasteiger partial charge in [-0.3, -0.25) is 4.79 Å². The van der Waals surface area contributed by atoms with Crippen molar-refractivity contribution in [2.24, 2.45) is 0 Å². The van der Waals surface area contributed by atoms with Gasteiger partial charge < -0.3 is 10.0 Å². The van der Waals surface area contributed by atoms with E-state index >= 15 is 0 Å². The largest absolute Gasteiger partial charge is 0.478 e. The molecule has 0 spiro atoms. The molecule has 1 rings (SSSR count). The lowest BCUT2D eigenvalue weighted by molar-refractivity contribution is -0.131. The van der Waals surface area contributed by atoms with Crippen molar-refractivity contribution < 1.29 is 9.90 Å². The molecule has 0 aliphatic rings. The molecular weight excluding hydrogens is 246 g/mol. The summed E-state index contributed by atoms with van der Waals surface area (Å²) >= 11 is 0. The minimum atomic E-state index is -1.02. The summed E-state index contributed by atoms with van der Waals surface area (Å²) in [6, 6.07) is 1.52. The second kappa shape index (κ2) is 6.72. The standard InChI is InChI=1S/C13H19N3O3/c1-4-15(5-2)11-7-12(17)16(14-8-11)9-10(3)6-13(18)19/h6-8H,4-5,9H2,1-3H3,(H,18,19). The maximum atomic E-state index is 11.9. The summed E-state index contributed by atoms with van der Waals surface area (Å²) in [5.41, 5.74) is 1.12. The smallest absolute Gasteiger partial charge is 0.328 e. The average molecular weight is 265 g/mol. The highest BCUT2D eigenvalue weighted by molar-refractivity contribution is 5.80. The molecular formula is C13H19N3O3. The predicted molar refractivity (Wildman–Crippen MR) is 73.5 cm³/mol. The molecule has 0 atom stereocenters. The topological polar surface area (TPSA) is 75.4 Å². The normalized spacial score (nSPS) is 11.4. The van der Waals surface area contributed by atoms with E-state index in [0.29, 0.717) is 5.57 Å². The van der Waals surface area contributed by atoms with Gasteiger partial charge in [-0.25, -0.2) is 9.48 Å². The fraction of sp³-hybridized carbons (Fsp3) is 0.462. The highest BCUT2D eigenvalue weighted by Crippen LogP contribution is 2.08. The van der Waals surface area contributed by atoms with Crippen LogP contribution in [0, 0.1) is 0 Å². The summed E-state index contributed by atoms with van der Waals surface area (Å²) < 4.78 is 1.25. The Morgan fingerprint density at radius 2 is 2.11 bits per heavy atom. The Kier molecular flexibility index (Phi) is 5.29. The number of anilines is 1. The van der Waals surface area contributed by atoms with E-state index in [1.807, 2.05) is 18.7 Å². The quantitative estimate of drug-likeness (QED) is 0.780. The molecule has 0 bridgehead atoms.